The highest BCUT2D eigenvalue weighted by atomic mass is 35.5. The van der Waals surface area contributed by atoms with Crippen molar-refractivity contribution in [2.75, 3.05) is 7.11 Å². The number of furan rings is 1. The summed E-state index contributed by atoms with van der Waals surface area (Å²) in [5.41, 5.74) is 1.52. The highest BCUT2D eigenvalue weighted by molar-refractivity contribution is 6.32. The highest BCUT2D eigenvalue weighted by Crippen LogP contribution is 2.28. The number of amides is 1. The molecule has 0 radical (unpaired) electrons. The lowest BCUT2D eigenvalue weighted by Crippen LogP contribution is -2.23. The molecule has 0 saturated heterocycles. The predicted octanol–water partition coefficient (Wildman–Crippen LogP) is 3.75. The Labute approximate surface area is 164 Å². The van der Waals surface area contributed by atoms with Gasteiger partial charge in [0.2, 0.25) is 0 Å². The number of aromatic nitrogens is 2. The number of hydrogen-bond donors (Lipinski definition) is 1. The number of carbonyl (C=O) groups excluding carboxylic acids is 2. The molecule has 0 spiro atoms. The molecule has 3 heterocycles. The molecule has 0 saturated carbocycles. The van der Waals surface area contributed by atoms with E-state index in [2.05, 4.69) is 15.3 Å². The maximum atomic E-state index is 12.6. The lowest BCUT2D eigenvalue weighted by atomic mass is 10.1. The fraction of sp³-hybridized carbons (Fsp3) is 0.100. The van der Waals surface area contributed by atoms with E-state index in [0.717, 1.165) is 5.39 Å². The van der Waals surface area contributed by atoms with Gasteiger partial charge in [-0.3, -0.25) is 14.8 Å². The van der Waals surface area contributed by atoms with E-state index in [1.54, 1.807) is 30.6 Å². The van der Waals surface area contributed by atoms with Crippen molar-refractivity contribution in [2.24, 2.45) is 0 Å². The SMILES string of the molecule is COC(=O)c1cc(Cl)cc2cc(CNC(=O)c3cncc4cccnc34)oc12. The molecule has 0 aliphatic rings. The van der Waals surface area contributed by atoms with Crippen molar-refractivity contribution in [3.63, 3.8) is 0 Å². The molecule has 0 aliphatic carbocycles. The molecule has 7 nitrogen and oxygen atoms in total. The molecule has 0 bridgehead atoms. The molecule has 1 aromatic carbocycles. The van der Waals surface area contributed by atoms with Crippen molar-refractivity contribution in [1.82, 2.24) is 15.3 Å². The van der Waals surface area contributed by atoms with Gasteiger partial charge in [-0.2, -0.15) is 0 Å². The first kappa shape index (κ1) is 17.9. The van der Waals surface area contributed by atoms with Crippen LogP contribution in [-0.4, -0.2) is 29.0 Å². The third kappa shape index (κ3) is 3.27. The molecule has 8 heteroatoms. The van der Waals surface area contributed by atoms with Crippen molar-refractivity contribution in [3.8, 4) is 0 Å². The number of benzene rings is 1. The second kappa shape index (κ2) is 7.28. The number of nitrogens with one attached hydrogen (secondary N) is 1. The fourth-order valence-electron chi connectivity index (χ4n) is 2.95. The quantitative estimate of drug-likeness (QED) is 0.529. The number of fused-ring (bicyclic) bond motifs is 2. The zero-order valence-corrected chi connectivity index (χ0v) is 15.5. The maximum absolute atomic E-state index is 12.6. The minimum absolute atomic E-state index is 0.120. The predicted molar refractivity (Wildman–Crippen MR) is 103 cm³/mol. The Morgan fingerprint density at radius 1 is 1.18 bits per heavy atom. The van der Waals surface area contributed by atoms with Gasteiger partial charge in [-0.05, 0) is 30.3 Å². The average molecular weight is 396 g/mol. The Morgan fingerprint density at radius 2 is 2.04 bits per heavy atom. The number of pyridine rings is 2. The number of nitrogens with zero attached hydrogens (tertiary/aromatic N) is 2. The second-order valence-electron chi connectivity index (χ2n) is 6.02. The Balaban J connectivity index is 1.60. The molecule has 4 rings (SSSR count). The van der Waals surface area contributed by atoms with E-state index >= 15 is 0 Å². The molecule has 1 N–H and O–H groups in total. The van der Waals surface area contributed by atoms with E-state index in [1.807, 2.05) is 6.07 Å². The van der Waals surface area contributed by atoms with E-state index in [1.165, 1.54) is 19.4 Å². The summed E-state index contributed by atoms with van der Waals surface area (Å²) in [7, 11) is 1.28. The van der Waals surface area contributed by atoms with Gasteiger partial charge in [0.05, 0.1) is 24.7 Å². The van der Waals surface area contributed by atoms with Crippen LogP contribution in [0.5, 0.6) is 0 Å². The van der Waals surface area contributed by atoms with Gasteiger partial charge < -0.3 is 14.5 Å². The Kier molecular flexibility index (Phi) is 4.67. The molecule has 0 fully saturated rings. The van der Waals surface area contributed by atoms with Crippen molar-refractivity contribution in [2.45, 2.75) is 6.54 Å². The van der Waals surface area contributed by atoms with E-state index in [9.17, 15) is 9.59 Å². The minimum atomic E-state index is -0.551. The Hall–Kier alpha value is -3.45. The van der Waals surface area contributed by atoms with Crippen LogP contribution >= 0.6 is 11.6 Å². The topological polar surface area (TPSA) is 94.3 Å². The molecule has 0 atom stereocenters. The van der Waals surface area contributed by atoms with Crippen LogP contribution in [0.15, 0.2) is 53.3 Å². The third-order valence-electron chi connectivity index (χ3n) is 4.22. The summed E-state index contributed by atoms with van der Waals surface area (Å²) in [5, 5.41) is 4.59. The molecule has 140 valence electrons. The zero-order chi connectivity index (χ0) is 19.7. The summed E-state index contributed by atoms with van der Waals surface area (Å²) in [5.74, 6) is -0.411. The number of rotatable bonds is 4. The van der Waals surface area contributed by atoms with E-state index in [4.69, 9.17) is 20.8 Å². The van der Waals surface area contributed by atoms with Crippen molar-refractivity contribution in [3.05, 3.63) is 70.8 Å². The highest BCUT2D eigenvalue weighted by Gasteiger charge is 2.17. The molecular formula is C20H14ClN3O4. The van der Waals surface area contributed by atoms with Crippen LogP contribution in [0.4, 0.5) is 0 Å². The van der Waals surface area contributed by atoms with Crippen molar-refractivity contribution >= 4 is 45.3 Å². The molecule has 3 aromatic heterocycles. The van der Waals surface area contributed by atoms with E-state index < -0.39 is 5.97 Å². The lowest BCUT2D eigenvalue weighted by molar-refractivity contribution is 0.0601. The first-order chi connectivity index (χ1) is 13.6. The summed E-state index contributed by atoms with van der Waals surface area (Å²) in [4.78, 5) is 32.9. The van der Waals surface area contributed by atoms with Crippen LogP contribution in [0.25, 0.3) is 21.9 Å². The Bertz CT molecular complexity index is 1210. The van der Waals surface area contributed by atoms with Gasteiger partial charge in [0.15, 0.2) is 0 Å². The first-order valence-corrected chi connectivity index (χ1v) is 8.72. The van der Waals surface area contributed by atoms with Crippen LogP contribution in [-0.2, 0) is 11.3 Å². The van der Waals surface area contributed by atoms with Crippen LogP contribution in [0.1, 0.15) is 26.5 Å². The summed E-state index contributed by atoms with van der Waals surface area (Å²) >= 11 is 6.06. The molecule has 28 heavy (non-hydrogen) atoms. The number of methoxy groups -OCH3 is 1. The lowest BCUT2D eigenvalue weighted by Gasteiger charge is -2.05. The summed E-state index contributed by atoms with van der Waals surface area (Å²) in [6, 6.07) is 8.49. The molecule has 0 aliphatic heterocycles. The fourth-order valence-corrected chi connectivity index (χ4v) is 3.17. The normalized spacial score (nSPS) is 10.9. The maximum Gasteiger partial charge on any atom is 0.341 e. The van der Waals surface area contributed by atoms with E-state index in [0.29, 0.717) is 32.8 Å². The summed E-state index contributed by atoms with van der Waals surface area (Å²) < 4.78 is 10.5. The molecular weight excluding hydrogens is 382 g/mol. The van der Waals surface area contributed by atoms with Gasteiger partial charge in [0.1, 0.15) is 16.9 Å². The van der Waals surface area contributed by atoms with Gasteiger partial charge in [-0.15, -0.1) is 0 Å². The Morgan fingerprint density at radius 3 is 2.86 bits per heavy atom. The van der Waals surface area contributed by atoms with Gasteiger partial charge in [-0.25, -0.2) is 4.79 Å². The second-order valence-corrected chi connectivity index (χ2v) is 6.46. The van der Waals surface area contributed by atoms with Crippen LogP contribution in [0.2, 0.25) is 5.02 Å². The number of esters is 1. The van der Waals surface area contributed by atoms with Crippen LogP contribution < -0.4 is 5.32 Å². The average Bonchev–Trinajstić information content (AvgIpc) is 3.13. The zero-order valence-electron chi connectivity index (χ0n) is 14.7. The van der Waals surface area contributed by atoms with Crippen LogP contribution in [0.3, 0.4) is 0 Å². The number of carbonyl (C=O) groups is 2. The van der Waals surface area contributed by atoms with Crippen LogP contribution in [0, 0.1) is 0 Å². The summed E-state index contributed by atoms with van der Waals surface area (Å²) in [6.07, 6.45) is 4.74. The number of ether oxygens (including phenoxy) is 1. The van der Waals surface area contributed by atoms with Crippen molar-refractivity contribution in [1.29, 1.82) is 0 Å². The largest absolute Gasteiger partial charge is 0.465 e. The molecule has 1 amide bonds. The minimum Gasteiger partial charge on any atom is -0.465 e. The van der Waals surface area contributed by atoms with Gasteiger partial charge >= 0.3 is 5.97 Å². The summed E-state index contributed by atoms with van der Waals surface area (Å²) in [6.45, 7) is 0.120. The standard InChI is InChI=1S/C20H14ClN3O4/c1-27-20(26)15-7-13(21)5-12-6-14(28-18(12)15)9-24-19(25)16-10-22-8-11-3-2-4-23-17(11)16/h2-8,10H,9H2,1H3,(H,24,25). The first-order valence-electron chi connectivity index (χ1n) is 8.34. The van der Waals surface area contributed by atoms with Crippen molar-refractivity contribution < 1.29 is 18.7 Å². The molecule has 4 aromatic rings. The van der Waals surface area contributed by atoms with Gasteiger partial charge in [-0.1, -0.05) is 11.6 Å². The van der Waals surface area contributed by atoms with Gasteiger partial charge in [0.25, 0.3) is 5.91 Å². The number of hydrogen-bond acceptors (Lipinski definition) is 6. The van der Waals surface area contributed by atoms with E-state index in [-0.39, 0.29) is 18.0 Å². The third-order valence-corrected chi connectivity index (χ3v) is 4.43. The monoisotopic (exact) mass is 395 g/mol. The number of halogens is 1. The molecule has 0 unspecified atom stereocenters. The smallest absolute Gasteiger partial charge is 0.341 e. The van der Waals surface area contributed by atoms with Gasteiger partial charge in [0, 0.05) is 34.4 Å².